The van der Waals surface area contributed by atoms with Crippen LogP contribution in [0.1, 0.15) is 19.3 Å². The second kappa shape index (κ2) is 1.87. The molecule has 2 aliphatic rings. The van der Waals surface area contributed by atoms with E-state index in [4.69, 9.17) is 4.74 Å². The van der Waals surface area contributed by atoms with E-state index < -0.39 is 0 Å². The van der Waals surface area contributed by atoms with Gasteiger partial charge in [-0.1, -0.05) is 6.42 Å². The maximum Gasteiger partial charge on any atom is 0.407 e. The monoisotopic (exact) mass is 141 g/mol. The topological polar surface area (TPSA) is 38.3 Å². The van der Waals surface area contributed by atoms with Gasteiger partial charge >= 0.3 is 6.09 Å². The number of hydrogen-bond acceptors (Lipinski definition) is 2. The predicted octanol–water partition coefficient (Wildman–Crippen LogP) is 0.897. The first kappa shape index (κ1) is 6.01. The van der Waals surface area contributed by atoms with Gasteiger partial charge in [-0.15, -0.1) is 0 Å². The molecule has 1 spiro atoms. The minimum Gasteiger partial charge on any atom is -0.449 e. The van der Waals surface area contributed by atoms with Crippen molar-refractivity contribution in [1.82, 2.24) is 5.32 Å². The number of alkyl carbamates (subject to hydrolysis) is 1. The quantitative estimate of drug-likeness (QED) is 0.544. The van der Waals surface area contributed by atoms with Gasteiger partial charge in [-0.25, -0.2) is 4.79 Å². The van der Waals surface area contributed by atoms with Crippen LogP contribution in [-0.2, 0) is 4.74 Å². The van der Waals surface area contributed by atoms with Crippen LogP contribution in [0.4, 0.5) is 4.79 Å². The molecule has 1 aliphatic heterocycles. The lowest BCUT2D eigenvalue weighted by atomic mass is 9.69. The molecule has 0 unspecified atom stereocenters. The SMILES string of the molecule is O=C1NCC2(CCC2)CO1. The lowest BCUT2D eigenvalue weighted by molar-refractivity contribution is 0.00105. The van der Waals surface area contributed by atoms with Crippen LogP contribution in [0.2, 0.25) is 0 Å². The average Bonchev–Trinajstić information content (AvgIpc) is 1.86. The fraction of sp³-hybridized carbons (Fsp3) is 0.857. The molecule has 3 heteroatoms. The molecule has 1 saturated carbocycles. The van der Waals surface area contributed by atoms with Crippen molar-refractivity contribution in [2.75, 3.05) is 13.2 Å². The summed E-state index contributed by atoms with van der Waals surface area (Å²) in [7, 11) is 0. The van der Waals surface area contributed by atoms with Crippen molar-refractivity contribution in [3.05, 3.63) is 0 Å². The zero-order chi connectivity index (χ0) is 7.03. The van der Waals surface area contributed by atoms with E-state index >= 15 is 0 Å². The van der Waals surface area contributed by atoms with Gasteiger partial charge in [-0.05, 0) is 12.8 Å². The van der Waals surface area contributed by atoms with E-state index in [1.54, 1.807) is 0 Å². The molecule has 1 saturated heterocycles. The van der Waals surface area contributed by atoms with Gasteiger partial charge in [-0.3, -0.25) is 0 Å². The van der Waals surface area contributed by atoms with Crippen LogP contribution in [0.5, 0.6) is 0 Å². The zero-order valence-electron chi connectivity index (χ0n) is 5.85. The van der Waals surface area contributed by atoms with Crippen molar-refractivity contribution in [2.24, 2.45) is 5.41 Å². The Labute approximate surface area is 59.7 Å². The van der Waals surface area contributed by atoms with Gasteiger partial charge in [0.2, 0.25) is 0 Å². The van der Waals surface area contributed by atoms with E-state index in [1.807, 2.05) is 0 Å². The Balaban J connectivity index is 1.96. The van der Waals surface area contributed by atoms with Crippen molar-refractivity contribution >= 4 is 6.09 Å². The molecular formula is C7H11NO2. The molecule has 3 nitrogen and oxygen atoms in total. The summed E-state index contributed by atoms with van der Waals surface area (Å²) in [5.74, 6) is 0. The molecule has 56 valence electrons. The van der Waals surface area contributed by atoms with Crippen LogP contribution in [0.3, 0.4) is 0 Å². The van der Waals surface area contributed by atoms with Crippen LogP contribution in [0, 0.1) is 5.41 Å². The van der Waals surface area contributed by atoms with Crippen LogP contribution in [0.25, 0.3) is 0 Å². The van der Waals surface area contributed by atoms with E-state index in [0.29, 0.717) is 12.0 Å². The largest absolute Gasteiger partial charge is 0.449 e. The summed E-state index contributed by atoms with van der Waals surface area (Å²) in [4.78, 5) is 10.6. The Morgan fingerprint density at radius 2 is 2.30 bits per heavy atom. The van der Waals surface area contributed by atoms with E-state index in [0.717, 1.165) is 6.54 Å². The van der Waals surface area contributed by atoms with Crippen LogP contribution < -0.4 is 5.32 Å². The number of carbonyl (C=O) groups is 1. The van der Waals surface area contributed by atoms with E-state index in [-0.39, 0.29) is 6.09 Å². The summed E-state index contributed by atoms with van der Waals surface area (Å²) in [5.41, 5.74) is 0.327. The van der Waals surface area contributed by atoms with Gasteiger partial charge in [0.25, 0.3) is 0 Å². The Hall–Kier alpha value is -0.730. The number of nitrogens with one attached hydrogen (secondary N) is 1. The number of rotatable bonds is 0. The standard InChI is InChI=1S/C7H11NO2/c9-6-8-4-7(5-10-6)2-1-3-7/h1-5H2,(H,8,9). The minimum absolute atomic E-state index is 0.252. The summed E-state index contributed by atoms with van der Waals surface area (Å²) in [5, 5.41) is 2.71. The maximum absolute atomic E-state index is 10.6. The van der Waals surface area contributed by atoms with Gasteiger partial charge in [0, 0.05) is 12.0 Å². The van der Waals surface area contributed by atoms with Gasteiger partial charge in [-0.2, -0.15) is 0 Å². The Kier molecular flexibility index (Phi) is 1.13. The lowest BCUT2D eigenvalue weighted by Crippen LogP contribution is -2.50. The fourth-order valence-corrected chi connectivity index (χ4v) is 1.58. The van der Waals surface area contributed by atoms with E-state index in [2.05, 4.69) is 5.32 Å². The molecule has 10 heavy (non-hydrogen) atoms. The first-order valence-corrected chi connectivity index (χ1v) is 3.71. The van der Waals surface area contributed by atoms with Gasteiger partial charge in [0.15, 0.2) is 0 Å². The Bertz CT molecular complexity index is 151. The van der Waals surface area contributed by atoms with Crippen molar-refractivity contribution in [3.63, 3.8) is 0 Å². The lowest BCUT2D eigenvalue weighted by Gasteiger charge is -2.43. The third-order valence-corrected chi connectivity index (χ3v) is 2.53. The molecule has 1 heterocycles. The predicted molar refractivity (Wildman–Crippen MR) is 35.6 cm³/mol. The van der Waals surface area contributed by atoms with Crippen LogP contribution in [0.15, 0.2) is 0 Å². The molecule has 1 N–H and O–H groups in total. The highest BCUT2D eigenvalue weighted by atomic mass is 16.6. The molecule has 0 atom stereocenters. The molecule has 1 aliphatic carbocycles. The summed E-state index contributed by atoms with van der Waals surface area (Å²) < 4.78 is 4.89. The number of ether oxygens (including phenoxy) is 1. The normalized spacial score (nSPS) is 28.6. The van der Waals surface area contributed by atoms with Crippen LogP contribution in [-0.4, -0.2) is 19.2 Å². The Morgan fingerprint density at radius 3 is 2.70 bits per heavy atom. The first-order chi connectivity index (χ1) is 4.81. The molecule has 1 amide bonds. The average molecular weight is 141 g/mol. The first-order valence-electron chi connectivity index (χ1n) is 3.71. The van der Waals surface area contributed by atoms with Gasteiger partial charge < -0.3 is 10.1 Å². The van der Waals surface area contributed by atoms with Gasteiger partial charge in [0.1, 0.15) is 6.61 Å². The molecule has 0 bridgehead atoms. The Morgan fingerprint density at radius 1 is 1.50 bits per heavy atom. The minimum atomic E-state index is -0.252. The summed E-state index contributed by atoms with van der Waals surface area (Å²) in [6.45, 7) is 1.46. The van der Waals surface area contributed by atoms with Crippen molar-refractivity contribution in [2.45, 2.75) is 19.3 Å². The molecule has 2 fully saturated rings. The number of amides is 1. The second-order valence-electron chi connectivity index (χ2n) is 3.28. The number of carbonyl (C=O) groups excluding carboxylic acids is 1. The highest BCUT2D eigenvalue weighted by Crippen LogP contribution is 2.41. The second-order valence-corrected chi connectivity index (χ2v) is 3.28. The zero-order valence-corrected chi connectivity index (χ0v) is 5.85. The smallest absolute Gasteiger partial charge is 0.407 e. The molecule has 2 rings (SSSR count). The van der Waals surface area contributed by atoms with Gasteiger partial charge in [0.05, 0.1) is 0 Å². The summed E-state index contributed by atoms with van der Waals surface area (Å²) in [6, 6.07) is 0. The third kappa shape index (κ3) is 0.770. The molecule has 0 radical (unpaired) electrons. The molecule has 0 aromatic carbocycles. The fourth-order valence-electron chi connectivity index (χ4n) is 1.58. The summed E-state index contributed by atoms with van der Waals surface area (Å²) >= 11 is 0. The maximum atomic E-state index is 10.6. The molecular weight excluding hydrogens is 130 g/mol. The molecule has 0 aromatic heterocycles. The third-order valence-electron chi connectivity index (χ3n) is 2.53. The number of cyclic esters (lactones) is 1. The summed E-state index contributed by atoms with van der Waals surface area (Å²) in [6.07, 6.45) is 3.47. The highest BCUT2D eigenvalue weighted by Gasteiger charge is 2.41. The van der Waals surface area contributed by atoms with Crippen LogP contribution >= 0.6 is 0 Å². The van der Waals surface area contributed by atoms with E-state index in [1.165, 1.54) is 19.3 Å². The van der Waals surface area contributed by atoms with Crippen molar-refractivity contribution in [1.29, 1.82) is 0 Å². The van der Waals surface area contributed by atoms with Crippen molar-refractivity contribution in [3.8, 4) is 0 Å². The van der Waals surface area contributed by atoms with E-state index in [9.17, 15) is 4.79 Å². The molecule has 0 aromatic rings. The number of hydrogen-bond donors (Lipinski definition) is 1. The highest BCUT2D eigenvalue weighted by molar-refractivity contribution is 5.68. The van der Waals surface area contributed by atoms with Crippen molar-refractivity contribution < 1.29 is 9.53 Å².